The molecule has 3 rings (SSSR count). The van der Waals surface area contributed by atoms with Crippen molar-refractivity contribution in [3.8, 4) is 10.6 Å². The molecular formula is C16H18N2O3S2. The van der Waals surface area contributed by atoms with E-state index in [1.165, 1.54) is 0 Å². The fourth-order valence-electron chi connectivity index (χ4n) is 2.72. The van der Waals surface area contributed by atoms with Crippen LogP contribution in [0, 0.1) is 6.92 Å². The van der Waals surface area contributed by atoms with Gasteiger partial charge in [-0.3, -0.25) is 4.79 Å². The Labute approximate surface area is 139 Å². The van der Waals surface area contributed by atoms with E-state index in [1.807, 2.05) is 30.5 Å². The number of sulfone groups is 1. The van der Waals surface area contributed by atoms with Crippen LogP contribution >= 0.6 is 11.3 Å². The molecule has 1 unspecified atom stereocenters. The smallest absolute Gasteiger partial charge is 0.253 e. The van der Waals surface area contributed by atoms with Crippen molar-refractivity contribution >= 4 is 27.1 Å². The van der Waals surface area contributed by atoms with Crippen molar-refractivity contribution in [1.82, 2.24) is 9.88 Å². The summed E-state index contributed by atoms with van der Waals surface area (Å²) < 4.78 is 23.2. The SMILES string of the molecule is Cc1csc(-c2cccc(C(=O)N(C)C3CCS(=O)(=O)C3)c2)n1. The van der Waals surface area contributed by atoms with Crippen LogP contribution in [0.25, 0.3) is 10.6 Å². The third-order valence-corrected chi connectivity index (χ3v) is 6.81. The Kier molecular flexibility index (Phi) is 4.25. The summed E-state index contributed by atoms with van der Waals surface area (Å²) in [6, 6.07) is 7.10. The van der Waals surface area contributed by atoms with Gasteiger partial charge < -0.3 is 4.90 Å². The molecule has 0 spiro atoms. The van der Waals surface area contributed by atoms with Crippen molar-refractivity contribution < 1.29 is 13.2 Å². The van der Waals surface area contributed by atoms with Gasteiger partial charge in [-0.25, -0.2) is 13.4 Å². The fraction of sp³-hybridized carbons (Fsp3) is 0.375. The van der Waals surface area contributed by atoms with Crippen LogP contribution in [0.15, 0.2) is 29.6 Å². The van der Waals surface area contributed by atoms with Gasteiger partial charge in [-0.2, -0.15) is 0 Å². The van der Waals surface area contributed by atoms with Crippen LogP contribution in [0.1, 0.15) is 22.5 Å². The van der Waals surface area contributed by atoms with Crippen LogP contribution in [0.2, 0.25) is 0 Å². The molecule has 1 aromatic heterocycles. The second kappa shape index (κ2) is 6.05. The van der Waals surface area contributed by atoms with Gasteiger partial charge in [0.05, 0.1) is 11.5 Å². The van der Waals surface area contributed by atoms with E-state index >= 15 is 0 Å². The lowest BCUT2D eigenvalue weighted by atomic mass is 10.1. The Morgan fingerprint density at radius 2 is 2.17 bits per heavy atom. The summed E-state index contributed by atoms with van der Waals surface area (Å²) >= 11 is 1.54. The Morgan fingerprint density at radius 3 is 2.78 bits per heavy atom. The summed E-state index contributed by atoms with van der Waals surface area (Å²) in [5.41, 5.74) is 2.42. The van der Waals surface area contributed by atoms with Gasteiger partial charge in [0.1, 0.15) is 5.01 Å². The summed E-state index contributed by atoms with van der Waals surface area (Å²) in [7, 11) is -1.33. The lowest BCUT2D eigenvalue weighted by Gasteiger charge is -2.23. The zero-order chi connectivity index (χ0) is 16.6. The molecule has 7 heteroatoms. The second-order valence-corrected chi connectivity index (χ2v) is 8.93. The lowest BCUT2D eigenvalue weighted by Crippen LogP contribution is -2.37. The number of aryl methyl sites for hydroxylation is 1. The van der Waals surface area contributed by atoms with E-state index in [0.717, 1.165) is 16.3 Å². The van der Waals surface area contributed by atoms with E-state index in [4.69, 9.17) is 0 Å². The van der Waals surface area contributed by atoms with Gasteiger partial charge in [-0.05, 0) is 25.5 Å². The summed E-state index contributed by atoms with van der Waals surface area (Å²) in [4.78, 5) is 18.6. The summed E-state index contributed by atoms with van der Waals surface area (Å²) in [5, 5.41) is 2.85. The fourth-order valence-corrected chi connectivity index (χ4v) is 5.29. The highest BCUT2D eigenvalue weighted by Gasteiger charge is 2.33. The first-order valence-corrected chi connectivity index (χ1v) is 10.1. The Bertz CT molecular complexity index is 843. The average Bonchev–Trinajstić information content (AvgIpc) is 3.11. The maximum atomic E-state index is 12.6. The summed E-state index contributed by atoms with van der Waals surface area (Å²) in [6.45, 7) is 1.93. The van der Waals surface area contributed by atoms with Crippen LogP contribution in [0.3, 0.4) is 0 Å². The zero-order valence-electron chi connectivity index (χ0n) is 13.0. The average molecular weight is 350 g/mol. The van der Waals surface area contributed by atoms with E-state index in [1.54, 1.807) is 29.4 Å². The molecule has 23 heavy (non-hydrogen) atoms. The summed E-state index contributed by atoms with van der Waals surface area (Å²) in [6.07, 6.45) is 0.510. The minimum Gasteiger partial charge on any atom is -0.338 e. The first-order chi connectivity index (χ1) is 10.9. The minimum atomic E-state index is -3.01. The van der Waals surface area contributed by atoms with Crippen molar-refractivity contribution in [3.63, 3.8) is 0 Å². The van der Waals surface area contributed by atoms with Crippen molar-refractivity contribution in [2.75, 3.05) is 18.6 Å². The van der Waals surface area contributed by atoms with Crippen LogP contribution in [0.4, 0.5) is 0 Å². The Balaban J connectivity index is 1.82. The minimum absolute atomic E-state index is 0.0562. The number of carbonyl (C=O) groups is 1. The highest BCUT2D eigenvalue weighted by molar-refractivity contribution is 7.91. The maximum Gasteiger partial charge on any atom is 0.253 e. The molecule has 0 bridgehead atoms. The number of hydrogen-bond donors (Lipinski definition) is 0. The number of benzene rings is 1. The molecule has 0 aliphatic carbocycles. The molecule has 1 aliphatic heterocycles. The molecule has 122 valence electrons. The molecule has 1 aromatic carbocycles. The molecule has 1 aliphatic rings. The topological polar surface area (TPSA) is 67.3 Å². The third-order valence-electron chi connectivity index (χ3n) is 4.05. The first-order valence-electron chi connectivity index (χ1n) is 7.36. The Hall–Kier alpha value is -1.73. The molecule has 0 N–H and O–H groups in total. The predicted molar refractivity (Wildman–Crippen MR) is 91.4 cm³/mol. The van der Waals surface area contributed by atoms with Crippen LogP contribution in [-0.4, -0.2) is 48.8 Å². The van der Waals surface area contributed by atoms with Crippen LogP contribution in [-0.2, 0) is 9.84 Å². The van der Waals surface area contributed by atoms with Gasteiger partial charge in [-0.1, -0.05) is 12.1 Å². The molecule has 0 saturated carbocycles. The van der Waals surface area contributed by atoms with Gasteiger partial charge in [0, 0.05) is 35.3 Å². The predicted octanol–water partition coefficient (Wildman–Crippen LogP) is 2.38. The molecule has 1 saturated heterocycles. The number of rotatable bonds is 3. The standard InChI is InChI=1S/C16H18N2O3S2/c1-11-9-22-15(17-11)12-4-3-5-13(8-12)16(19)18(2)14-6-7-23(20,21)10-14/h3-5,8-9,14H,6-7,10H2,1-2H3. The number of aromatic nitrogens is 1. The van der Waals surface area contributed by atoms with Crippen LogP contribution < -0.4 is 0 Å². The molecule has 2 heterocycles. The van der Waals surface area contributed by atoms with Crippen molar-refractivity contribution in [2.24, 2.45) is 0 Å². The van der Waals surface area contributed by atoms with E-state index in [0.29, 0.717) is 12.0 Å². The monoisotopic (exact) mass is 350 g/mol. The Morgan fingerprint density at radius 1 is 1.39 bits per heavy atom. The second-order valence-electron chi connectivity index (χ2n) is 5.85. The highest BCUT2D eigenvalue weighted by Crippen LogP contribution is 2.25. The van der Waals surface area contributed by atoms with E-state index in [2.05, 4.69) is 4.98 Å². The molecular weight excluding hydrogens is 332 g/mol. The number of hydrogen-bond acceptors (Lipinski definition) is 5. The largest absolute Gasteiger partial charge is 0.338 e. The molecule has 5 nitrogen and oxygen atoms in total. The van der Waals surface area contributed by atoms with E-state index in [9.17, 15) is 13.2 Å². The number of thiazole rings is 1. The maximum absolute atomic E-state index is 12.6. The quantitative estimate of drug-likeness (QED) is 0.852. The molecule has 1 amide bonds. The van der Waals surface area contributed by atoms with Gasteiger partial charge in [0.15, 0.2) is 9.84 Å². The van der Waals surface area contributed by atoms with Gasteiger partial charge in [0.2, 0.25) is 0 Å². The summed E-state index contributed by atoms with van der Waals surface area (Å²) in [5.74, 6) is 0.0659. The highest BCUT2D eigenvalue weighted by atomic mass is 32.2. The van der Waals surface area contributed by atoms with E-state index < -0.39 is 9.84 Å². The normalized spacial score (nSPS) is 19.7. The molecule has 1 atom stereocenters. The number of carbonyl (C=O) groups excluding carboxylic acids is 1. The van der Waals surface area contributed by atoms with Gasteiger partial charge in [-0.15, -0.1) is 11.3 Å². The molecule has 1 fully saturated rings. The van der Waals surface area contributed by atoms with Crippen molar-refractivity contribution in [3.05, 3.63) is 40.9 Å². The van der Waals surface area contributed by atoms with Gasteiger partial charge >= 0.3 is 0 Å². The first kappa shape index (κ1) is 16.1. The third kappa shape index (κ3) is 3.45. The van der Waals surface area contributed by atoms with E-state index in [-0.39, 0.29) is 23.5 Å². The molecule has 2 aromatic rings. The lowest BCUT2D eigenvalue weighted by molar-refractivity contribution is 0.0748. The number of nitrogens with zero attached hydrogens (tertiary/aromatic N) is 2. The van der Waals surface area contributed by atoms with Crippen molar-refractivity contribution in [2.45, 2.75) is 19.4 Å². The number of amides is 1. The molecule has 0 radical (unpaired) electrons. The van der Waals surface area contributed by atoms with Crippen molar-refractivity contribution in [1.29, 1.82) is 0 Å². The zero-order valence-corrected chi connectivity index (χ0v) is 14.7. The van der Waals surface area contributed by atoms with Crippen LogP contribution in [0.5, 0.6) is 0 Å². The van der Waals surface area contributed by atoms with Gasteiger partial charge in [0.25, 0.3) is 5.91 Å².